The van der Waals surface area contributed by atoms with Crippen LogP contribution in [0.25, 0.3) is 0 Å². The second-order valence-corrected chi connectivity index (χ2v) is 25.1. The fourth-order valence-corrected chi connectivity index (χ4v) is 20.2. The zero-order chi connectivity index (χ0) is 42.1. The van der Waals surface area contributed by atoms with E-state index in [1.54, 1.807) is 6.92 Å². The Bertz CT molecular complexity index is 1580. The molecule has 12 aliphatic rings. The van der Waals surface area contributed by atoms with Crippen molar-refractivity contribution in [2.24, 2.45) is 116 Å². The second-order valence-electron chi connectivity index (χ2n) is 25.1. The summed E-state index contributed by atoms with van der Waals surface area (Å²) >= 11 is 0. The number of Topliss-reactive ketones (excluding diaryl/α,β-unsaturated/α-hetero) is 2. The van der Waals surface area contributed by atoms with E-state index in [0.717, 1.165) is 133 Å². The molecule has 0 aromatic carbocycles. The molecule has 2 N–H and O–H groups in total. The van der Waals surface area contributed by atoms with Gasteiger partial charge in [0, 0.05) is 23.7 Å². The Morgan fingerprint density at radius 2 is 0.951 bits per heavy atom. The molecule has 0 amide bonds. The fraction of sp³-hybridized carbons (Fsp3) is 0.945. The second kappa shape index (κ2) is 18.1. The standard InChI is InChI=1S/2C14H24O.2C12H18O.C2H5.CH4.ClH.Mg/c1-4-14(15)8-10-7-13(14,3)12-6-9(2)5-11(10)12;1-4-14(15)8-10-7-13(14,3)12-9(2)5-6-11(10)12;1-7-3-9-8-5-11(13)12(2,6-8)10(9)4-7;1-7-3-4-9-8-5-10(13)12(2,6-8)11(7)9;1-2;;;/h2*9-12,15H,4-8H2,1-3H3;7-10H,3-6H2,1-2H3;7-9,11H,3-6H2,1-2H3;1H2,2H3;1H4;1H;/q;;;;-1;;;+2/p-1. The van der Waals surface area contributed by atoms with E-state index in [0.29, 0.717) is 11.6 Å². The maximum absolute atomic E-state index is 11.8. The van der Waals surface area contributed by atoms with Crippen LogP contribution >= 0.6 is 0 Å². The Labute approximate surface area is 398 Å². The number of aliphatic hydroxyl groups is 2. The molecule has 61 heavy (non-hydrogen) atoms. The number of halogens is 1. The maximum atomic E-state index is 11.8. The van der Waals surface area contributed by atoms with Crippen LogP contribution < -0.4 is 12.4 Å². The molecule has 12 saturated carbocycles. The van der Waals surface area contributed by atoms with Crippen molar-refractivity contribution in [3.05, 3.63) is 6.92 Å². The summed E-state index contributed by atoms with van der Waals surface area (Å²) in [5, 5.41) is 21.6. The minimum Gasteiger partial charge on any atom is -1.00 e. The van der Waals surface area contributed by atoms with E-state index in [1.165, 1.54) is 77.0 Å². The number of carbonyl (C=O) groups excluding carboxylic acids is 2. The normalized spacial score (nSPS) is 55.8. The molecule has 12 fully saturated rings. The molecule has 0 radical (unpaired) electrons. The molecule has 0 spiro atoms. The van der Waals surface area contributed by atoms with Gasteiger partial charge < -0.3 is 29.5 Å². The van der Waals surface area contributed by atoms with E-state index in [-0.39, 0.29) is 75.7 Å². The van der Waals surface area contributed by atoms with Crippen LogP contribution in [0.1, 0.15) is 199 Å². The van der Waals surface area contributed by atoms with Crippen molar-refractivity contribution in [2.75, 3.05) is 0 Å². The maximum Gasteiger partial charge on any atom is 2.00 e. The largest absolute Gasteiger partial charge is 2.00 e. The van der Waals surface area contributed by atoms with Gasteiger partial charge in [0.05, 0.1) is 11.2 Å². The van der Waals surface area contributed by atoms with Gasteiger partial charge in [0.2, 0.25) is 0 Å². The molecule has 0 aliphatic heterocycles. The fourth-order valence-electron chi connectivity index (χ4n) is 20.2. The Morgan fingerprint density at radius 3 is 1.51 bits per heavy atom. The van der Waals surface area contributed by atoms with Gasteiger partial charge >= 0.3 is 23.1 Å². The molecule has 0 aromatic heterocycles. The molecule has 6 heteroatoms. The average molecular weight is 878 g/mol. The summed E-state index contributed by atoms with van der Waals surface area (Å²) < 4.78 is 0. The number of fused-ring (bicyclic) bond motifs is 20. The summed E-state index contributed by atoms with van der Waals surface area (Å²) in [5.41, 5.74) is 0.0422. The summed E-state index contributed by atoms with van der Waals surface area (Å²) in [6.07, 6.45) is 22.1. The van der Waals surface area contributed by atoms with Crippen LogP contribution in [0.15, 0.2) is 0 Å². The summed E-state index contributed by atoms with van der Waals surface area (Å²) in [6, 6.07) is 0. The molecular formula is C55H93ClMgO4. The van der Waals surface area contributed by atoms with Crippen LogP contribution in [0, 0.1) is 123 Å². The van der Waals surface area contributed by atoms with Gasteiger partial charge in [-0.2, -0.15) is 6.92 Å². The quantitative estimate of drug-likeness (QED) is 0.214. The zero-order valence-electron chi connectivity index (χ0n) is 40.5. The molecule has 8 bridgehead atoms. The van der Waals surface area contributed by atoms with E-state index >= 15 is 0 Å². The van der Waals surface area contributed by atoms with Crippen molar-refractivity contribution in [3.8, 4) is 0 Å². The summed E-state index contributed by atoms with van der Waals surface area (Å²) in [6.45, 7) is 28.1. The van der Waals surface area contributed by atoms with E-state index in [9.17, 15) is 19.8 Å². The molecule has 0 aromatic rings. The number of hydrogen-bond donors (Lipinski definition) is 2. The third kappa shape index (κ3) is 7.60. The number of ketones is 2. The third-order valence-corrected chi connectivity index (χ3v) is 22.7. The Kier molecular flexibility index (Phi) is 15.5. The smallest absolute Gasteiger partial charge is 1.00 e. The first kappa shape index (κ1) is 52.3. The molecule has 22 unspecified atom stereocenters. The summed E-state index contributed by atoms with van der Waals surface area (Å²) in [7, 11) is 0. The SMILES string of the molecule is C.CC1CC2C3CC(=O)C(C)(C3)C2C1.CC1CCC2C3CC(=O)C(C)(C3)C12.CCC1(O)CC2CC1(C)C1C(C)CCC21.CCC1(O)CC2CC1(C)C1CC(C)CC21.[CH2-]C.[Cl-].[Mg+2]. The third-order valence-electron chi connectivity index (χ3n) is 22.7. The molecule has 346 valence electrons. The molecular weight excluding hydrogens is 784 g/mol. The Hall–Kier alpha value is 0.316. The minimum atomic E-state index is -0.336. The van der Waals surface area contributed by atoms with Gasteiger partial charge in [0.25, 0.3) is 0 Å². The first-order valence-electron chi connectivity index (χ1n) is 25.5. The van der Waals surface area contributed by atoms with Crippen molar-refractivity contribution < 1.29 is 32.2 Å². The summed E-state index contributed by atoms with van der Waals surface area (Å²) in [4.78, 5) is 23.7. The first-order valence-corrected chi connectivity index (χ1v) is 25.5. The van der Waals surface area contributed by atoms with E-state index < -0.39 is 0 Å². The monoisotopic (exact) mass is 877 g/mol. The summed E-state index contributed by atoms with van der Waals surface area (Å²) in [5.74, 6) is 14.7. The molecule has 0 heterocycles. The van der Waals surface area contributed by atoms with Gasteiger partial charge in [-0.15, -0.1) is 0 Å². The van der Waals surface area contributed by atoms with Crippen molar-refractivity contribution in [1.82, 2.24) is 0 Å². The van der Waals surface area contributed by atoms with E-state index in [4.69, 9.17) is 0 Å². The van der Waals surface area contributed by atoms with Crippen molar-refractivity contribution in [1.29, 1.82) is 0 Å². The minimum absolute atomic E-state index is 0. The van der Waals surface area contributed by atoms with Crippen LogP contribution in [-0.2, 0) is 9.59 Å². The van der Waals surface area contributed by atoms with Gasteiger partial charge in [-0.05, 0) is 195 Å². The van der Waals surface area contributed by atoms with Crippen LogP contribution in [0.2, 0.25) is 0 Å². The van der Waals surface area contributed by atoms with Crippen molar-refractivity contribution >= 4 is 34.6 Å². The van der Waals surface area contributed by atoms with Gasteiger partial charge in [-0.25, -0.2) is 0 Å². The van der Waals surface area contributed by atoms with Gasteiger partial charge in [0.15, 0.2) is 0 Å². The first-order chi connectivity index (χ1) is 27.3. The van der Waals surface area contributed by atoms with Gasteiger partial charge in [-0.1, -0.05) is 89.5 Å². The Morgan fingerprint density at radius 1 is 0.541 bits per heavy atom. The van der Waals surface area contributed by atoms with Gasteiger partial charge in [0.1, 0.15) is 11.6 Å². The topological polar surface area (TPSA) is 74.6 Å². The predicted octanol–water partition coefficient (Wildman–Crippen LogP) is 9.83. The number of rotatable bonds is 2. The average Bonchev–Trinajstić information content (AvgIpc) is 4.03. The molecule has 4 nitrogen and oxygen atoms in total. The molecule has 0 saturated heterocycles. The number of carbonyl (C=O) groups is 2. The van der Waals surface area contributed by atoms with Crippen LogP contribution in [0.4, 0.5) is 0 Å². The van der Waals surface area contributed by atoms with E-state index in [2.05, 4.69) is 76.2 Å². The van der Waals surface area contributed by atoms with Crippen LogP contribution in [0.5, 0.6) is 0 Å². The predicted molar refractivity (Wildman–Crippen MR) is 249 cm³/mol. The van der Waals surface area contributed by atoms with E-state index in [1.807, 2.05) is 0 Å². The van der Waals surface area contributed by atoms with Crippen LogP contribution in [0.3, 0.4) is 0 Å². The Balaban J connectivity index is 0.000000150. The van der Waals surface area contributed by atoms with Crippen LogP contribution in [-0.4, -0.2) is 56.0 Å². The molecule has 22 atom stereocenters. The van der Waals surface area contributed by atoms with Crippen molar-refractivity contribution in [2.45, 2.75) is 210 Å². The zero-order valence-corrected chi connectivity index (χ0v) is 42.6. The molecule has 12 aliphatic carbocycles. The number of hydrogen-bond acceptors (Lipinski definition) is 4. The van der Waals surface area contributed by atoms with Gasteiger partial charge in [-0.3, -0.25) is 9.59 Å². The van der Waals surface area contributed by atoms with Crippen molar-refractivity contribution in [3.63, 3.8) is 0 Å². The molecule has 12 rings (SSSR count).